The van der Waals surface area contributed by atoms with Gasteiger partial charge in [-0.15, -0.1) is 0 Å². The van der Waals surface area contributed by atoms with Gasteiger partial charge in [0, 0.05) is 12.2 Å². The standard InChI is InChI=1S/C11H14BrN3O2/c12-9-6-13-7-10(15(16)17)11(9)14-8-4-2-1-3-5-8/h6-8H,1-5H2,(H,13,14). The Morgan fingerprint density at radius 1 is 1.35 bits per heavy atom. The van der Waals surface area contributed by atoms with Crippen LogP contribution in [0.2, 0.25) is 0 Å². The molecule has 6 heteroatoms. The monoisotopic (exact) mass is 299 g/mol. The molecule has 0 saturated heterocycles. The summed E-state index contributed by atoms with van der Waals surface area (Å²) in [6.45, 7) is 0. The topological polar surface area (TPSA) is 68.1 Å². The number of rotatable bonds is 3. The molecule has 5 nitrogen and oxygen atoms in total. The summed E-state index contributed by atoms with van der Waals surface area (Å²) in [5.74, 6) is 0. The van der Waals surface area contributed by atoms with Crippen LogP contribution in [0.1, 0.15) is 32.1 Å². The van der Waals surface area contributed by atoms with Crippen molar-refractivity contribution in [3.05, 3.63) is 27.0 Å². The predicted octanol–water partition coefficient (Wildman–Crippen LogP) is 3.50. The molecule has 0 aliphatic heterocycles. The lowest BCUT2D eigenvalue weighted by Crippen LogP contribution is -2.23. The van der Waals surface area contributed by atoms with Crippen molar-refractivity contribution < 1.29 is 4.92 Å². The van der Waals surface area contributed by atoms with E-state index in [1.165, 1.54) is 25.5 Å². The average Bonchev–Trinajstić information content (AvgIpc) is 2.33. The third-order valence-electron chi connectivity index (χ3n) is 3.03. The molecule has 1 aliphatic carbocycles. The highest BCUT2D eigenvalue weighted by molar-refractivity contribution is 9.10. The van der Waals surface area contributed by atoms with Crippen molar-refractivity contribution in [2.45, 2.75) is 38.1 Å². The first kappa shape index (κ1) is 12.3. The van der Waals surface area contributed by atoms with Crippen LogP contribution in [0.5, 0.6) is 0 Å². The van der Waals surface area contributed by atoms with Crippen LogP contribution in [-0.2, 0) is 0 Å². The maximum atomic E-state index is 10.9. The van der Waals surface area contributed by atoms with Crippen molar-refractivity contribution in [3.63, 3.8) is 0 Å². The molecule has 1 aromatic heterocycles. The van der Waals surface area contributed by atoms with Crippen molar-refractivity contribution in [2.75, 3.05) is 5.32 Å². The molecule has 1 fully saturated rings. The Labute approximate surface area is 108 Å². The maximum absolute atomic E-state index is 10.9. The fourth-order valence-corrected chi connectivity index (χ4v) is 2.59. The number of nitrogens with one attached hydrogen (secondary N) is 1. The molecule has 0 amide bonds. The second kappa shape index (κ2) is 5.44. The zero-order chi connectivity index (χ0) is 12.3. The van der Waals surface area contributed by atoms with E-state index in [0.717, 1.165) is 12.8 Å². The molecule has 0 bridgehead atoms. The molecule has 92 valence electrons. The van der Waals surface area contributed by atoms with Gasteiger partial charge in [0.25, 0.3) is 0 Å². The van der Waals surface area contributed by atoms with Gasteiger partial charge in [-0.05, 0) is 28.8 Å². The molecule has 17 heavy (non-hydrogen) atoms. The molecule has 2 rings (SSSR count). The molecular formula is C11H14BrN3O2. The van der Waals surface area contributed by atoms with Crippen molar-refractivity contribution in [1.29, 1.82) is 0 Å². The first-order valence-corrected chi connectivity index (χ1v) is 6.52. The van der Waals surface area contributed by atoms with Crippen LogP contribution in [-0.4, -0.2) is 15.9 Å². The van der Waals surface area contributed by atoms with Crippen LogP contribution in [0.15, 0.2) is 16.9 Å². The van der Waals surface area contributed by atoms with E-state index in [0.29, 0.717) is 16.2 Å². The Kier molecular flexibility index (Phi) is 3.93. The number of hydrogen-bond acceptors (Lipinski definition) is 4. The van der Waals surface area contributed by atoms with Gasteiger partial charge in [-0.25, -0.2) is 0 Å². The molecule has 0 unspecified atom stereocenters. The van der Waals surface area contributed by atoms with Gasteiger partial charge >= 0.3 is 5.69 Å². The minimum absolute atomic E-state index is 0.0324. The van der Waals surface area contributed by atoms with Crippen molar-refractivity contribution in [3.8, 4) is 0 Å². The van der Waals surface area contributed by atoms with Gasteiger partial charge in [-0.3, -0.25) is 15.1 Å². The third kappa shape index (κ3) is 2.94. The highest BCUT2D eigenvalue weighted by Crippen LogP contribution is 2.33. The van der Waals surface area contributed by atoms with Gasteiger partial charge in [-0.2, -0.15) is 0 Å². The van der Waals surface area contributed by atoms with Gasteiger partial charge in [0.1, 0.15) is 11.9 Å². The summed E-state index contributed by atoms with van der Waals surface area (Å²) in [5, 5.41) is 14.2. The summed E-state index contributed by atoms with van der Waals surface area (Å²) in [6.07, 6.45) is 8.66. The summed E-state index contributed by atoms with van der Waals surface area (Å²) in [7, 11) is 0. The number of aromatic nitrogens is 1. The Morgan fingerprint density at radius 3 is 2.71 bits per heavy atom. The summed E-state index contributed by atoms with van der Waals surface area (Å²) >= 11 is 3.31. The third-order valence-corrected chi connectivity index (χ3v) is 3.63. The summed E-state index contributed by atoms with van der Waals surface area (Å²) < 4.78 is 0.650. The highest BCUT2D eigenvalue weighted by Gasteiger charge is 2.21. The lowest BCUT2D eigenvalue weighted by atomic mass is 9.95. The van der Waals surface area contributed by atoms with Gasteiger partial charge in [0.15, 0.2) is 0 Å². The van der Waals surface area contributed by atoms with Crippen LogP contribution in [0.3, 0.4) is 0 Å². The van der Waals surface area contributed by atoms with Gasteiger partial charge < -0.3 is 5.32 Å². The van der Waals surface area contributed by atoms with Crippen LogP contribution >= 0.6 is 15.9 Å². The Bertz CT molecular complexity index is 419. The molecule has 1 aliphatic rings. The molecule has 0 radical (unpaired) electrons. The molecule has 0 spiro atoms. The van der Waals surface area contributed by atoms with Crippen molar-refractivity contribution >= 4 is 27.3 Å². The fraction of sp³-hybridized carbons (Fsp3) is 0.545. The van der Waals surface area contributed by atoms with Crippen molar-refractivity contribution in [1.82, 2.24) is 4.98 Å². The fourth-order valence-electron chi connectivity index (χ4n) is 2.16. The molecule has 1 N–H and O–H groups in total. The summed E-state index contributed by atoms with van der Waals surface area (Å²) in [6, 6.07) is 0.334. The number of halogens is 1. The predicted molar refractivity (Wildman–Crippen MR) is 69.1 cm³/mol. The van der Waals surface area contributed by atoms with Crippen molar-refractivity contribution in [2.24, 2.45) is 0 Å². The van der Waals surface area contributed by atoms with E-state index in [9.17, 15) is 10.1 Å². The molecule has 0 atom stereocenters. The Hall–Kier alpha value is -1.17. The first-order valence-electron chi connectivity index (χ1n) is 5.73. The van der Waals surface area contributed by atoms with E-state index >= 15 is 0 Å². The van der Waals surface area contributed by atoms with Crippen LogP contribution in [0, 0.1) is 10.1 Å². The summed E-state index contributed by atoms with van der Waals surface area (Å²) in [5.41, 5.74) is 0.585. The molecular weight excluding hydrogens is 286 g/mol. The van der Waals surface area contributed by atoms with Gasteiger partial charge in [-0.1, -0.05) is 19.3 Å². The number of pyridine rings is 1. The minimum atomic E-state index is -0.400. The Morgan fingerprint density at radius 2 is 2.06 bits per heavy atom. The lowest BCUT2D eigenvalue weighted by Gasteiger charge is -2.24. The second-order valence-corrected chi connectivity index (χ2v) is 5.11. The molecule has 1 heterocycles. The quantitative estimate of drug-likeness (QED) is 0.685. The molecule has 1 saturated carbocycles. The largest absolute Gasteiger partial charge is 0.376 e. The van der Waals surface area contributed by atoms with Gasteiger partial charge in [0.05, 0.1) is 9.40 Å². The van der Waals surface area contributed by atoms with Gasteiger partial charge in [0.2, 0.25) is 0 Å². The zero-order valence-electron chi connectivity index (χ0n) is 9.36. The number of hydrogen-bond donors (Lipinski definition) is 1. The van der Waals surface area contributed by atoms with E-state index in [2.05, 4.69) is 26.2 Å². The van der Waals surface area contributed by atoms with Crippen LogP contribution in [0.25, 0.3) is 0 Å². The van der Waals surface area contributed by atoms with E-state index in [1.807, 2.05) is 0 Å². The molecule has 0 aromatic carbocycles. The number of nitro groups is 1. The van der Waals surface area contributed by atoms with E-state index in [4.69, 9.17) is 0 Å². The van der Waals surface area contributed by atoms with Crippen LogP contribution in [0.4, 0.5) is 11.4 Å². The summed E-state index contributed by atoms with van der Waals surface area (Å²) in [4.78, 5) is 14.4. The number of nitrogens with zero attached hydrogens (tertiary/aromatic N) is 2. The first-order chi connectivity index (χ1) is 8.18. The zero-order valence-corrected chi connectivity index (χ0v) is 10.9. The number of anilines is 1. The van der Waals surface area contributed by atoms with E-state index in [1.54, 1.807) is 6.20 Å². The maximum Gasteiger partial charge on any atom is 0.311 e. The van der Waals surface area contributed by atoms with E-state index in [-0.39, 0.29) is 5.69 Å². The molecule has 1 aromatic rings. The lowest BCUT2D eigenvalue weighted by molar-refractivity contribution is -0.384. The Balaban J connectivity index is 2.21. The second-order valence-electron chi connectivity index (χ2n) is 4.25. The minimum Gasteiger partial charge on any atom is -0.376 e. The smallest absolute Gasteiger partial charge is 0.311 e. The normalized spacial score (nSPS) is 16.8. The SMILES string of the molecule is O=[N+]([O-])c1cncc(Br)c1NC1CCCCC1. The van der Waals surface area contributed by atoms with Crippen LogP contribution < -0.4 is 5.32 Å². The van der Waals surface area contributed by atoms with E-state index < -0.39 is 4.92 Å². The highest BCUT2D eigenvalue weighted by atomic mass is 79.9. The average molecular weight is 300 g/mol.